The summed E-state index contributed by atoms with van der Waals surface area (Å²) in [4.78, 5) is 46.6. The largest absolute Gasteiger partial charge is 0.478 e. The Bertz CT molecular complexity index is 1880. The van der Waals surface area contributed by atoms with Gasteiger partial charge < -0.3 is 34.9 Å². The maximum Gasteiger partial charge on any atom is 0.422 e. The summed E-state index contributed by atoms with van der Waals surface area (Å²) in [5, 5.41) is 19.6. The van der Waals surface area contributed by atoms with Gasteiger partial charge in [-0.1, -0.05) is 86.9 Å². The summed E-state index contributed by atoms with van der Waals surface area (Å²) in [5.41, 5.74) is 4.15. The number of amides is 1. The first-order valence-corrected chi connectivity index (χ1v) is 17.7. The van der Waals surface area contributed by atoms with Gasteiger partial charge in [-0.05, 0) is 45.0 Å². The Hall–Kier alpha value is -4.91. The number of hydrogen-bond acceptors (Lipinski definition) is 12. The minimum Gasteiger partial charge on any atom is -0.478 e. The highest BCUT2D eigenvalue weighted by molar-refractivity contribution is 6.33. The van der Waals surface area contributed by atoms with Gasteiger partial charge in [0.25, 0.3) is 0 Å². The SMILES string of the molecule is C.C.C.C=C(CC(Cl)N=COCC(F)(F)F)NC(=O)OC(C)(C)C.F.F.Nc1cc(Cl)nc(OCC(F)(F)F)c1.O=C(O)c1cc(Cl)nc(Cl)c1.O=C(O)c1cc(Cl)nc(OCCF)c1. The minimum atomic E-state index is -4.43. The van der Waals surface area contributed by atoms with Gasteiger partial charge in [0.2, 0.25) is 11.8 Å². The first kappa shape index (κ1) is 71.7. The molecule has 3 aromatic heterocycles. The van der Waals surface area contributed by atoms with Crippen LogP contribution in [0, 0.1) is 0 Å². The molecule has 1 atom stereocenters. The zero-order valence-electron chi connectivity index (χ0n) is 31.8. The van der Waals surface area contributed by atoms with E-state index in [1.807, 2.05) is 0 Å². The molecule has 3 heterocycles. The van der Waals surface area contributed by atoms with Crippen LogP contribution in [-0.4, -0.2) is 99.5 Å². The van der Waals surface area contributed by atoms with Gasteiger partial charge in [-0.2, -0.15) is 26.3 Å². The van der Waals surface area contributed by atoms with Crippen molar-refractivity contribution in [3.05, 3.63) is 80.4 Å². The molecule has 0 aliphatic heterocycles. The molecular weight excluding hydrogens is 1010 g/mol. The smallest absolute Gasteiger partial charge is 0.422 e. The molecule has 3 aromatic rings. The molecule has 0 bridgehead atoms. The third kappa shape index (κ3) is 39.2. The topological polar surface area (TPSA) is 218 Å². The van der Waals surface area contributed by atoms with Gasteiger partial charge in [-0.3, -0.25) is 14.7 Å². The van der Waals surface area contributed by atoms with Crippen LogP contribution in [0.15, 0.2) is 53.7 Å². The molecule has 0 aromatic carbocycles. The highest BCUT2D eigenvalue weighted by Gasteiger charge is 2.29. The van der Waals surface area contributed by atoms with E-state index in [-0.39, 0.29) is 99.6 Å². The predicted molar refractivity (Wildman–Crippen MR) is 233 cm³/mol. The molecule has 0 aliphatic carbocycles. The first-order valence-electron chi connectivity index (χ1n) is 15.8. The molecule has 65 heavy (non-hydrogen) atoms. The number of carboxylic acids is 2. The molecule has 15 nitrogen and oxygen atoms in total. The highest BCUT2D eigenvalue weighted by Crippen LogP contribution is 2.22. The van der Waals surface area contributed by atoms with Crippen LogP contribution < -0.4 is 20.5 Å². The van der Waals surface area contributed by atoms with Crippen LogP contribution >= 0.6 is 58.0 Å². The quantitative estimate of drug-likeness (QED) is 0.0313. The number of aromatic nitrogens is 3. The van der Waals surface area contributed by atoms with Gasteiger partial charge in [-0.25, -0.2) is 38.7 Å². The molecule has 0 spiro atoms. The van der Waals surface area contributed by atoms with Crippen molar-refractivity contribution in [2.45, 2.75) is 72.9 Å². The number of nitrogens with two attached hydrogens (primary N) is 1. The van der Waals surface area contributed by atoms with Crippen LogP contribution in [0.25, 0.3) is 0 Å². The number of halogens is 14. The summed E-state index contributed by atoms with van der Waals surface area (Å²) >= 11 is 27.6. The van der Waals surface area contributed by atoms with Gasteiger partial charge in [0.1, 0.15) is 45.0 Å². The Morgan fingerprint density at radius 3 is 1.63 bits per heavy atom. The van der Waals surface area contributed by atoms with Crippen LogP contribution in [-0.2, 0) is 9.47 Å². The average Bonchev–Trinajstić information content (AvgIpc) is 3.06. The predicted octanol–water partition coefficient (Wildman–Crippen LogP) is 11.9. The van der Waals surface area contributed by atoms with Crippen LogP contribution in [0.1, 0.15) is 70.2 Å². The number of nitrogens with one attached hydrogen (secondary N) is 1. The molecule has 5 N–H and O–H groups in total. The van der Waals surface area contributed by atoms with Crippen molar-refractivity contribution in [3.8, 4) is 11.8 Å². The van der Waals surface area contributed by atoms with E-state index in [2.05, 4.69) is 41.3 Å². The van der Waals surface area contributed by atoms with Crippen molar-refractivity contribution < 1.29 is 83.7 Å². The summed E-state index contributed by atoms with van der Waals surface area (Å²) in [6.07, 6.45) is -8.90. The number of aromatic carboxylic acids is 2. The molecule has 0 saturated carbocycles. The lowest BCUT2D eigenvalue weighted by Gasteiger charge is -2.20. The summed E-state index contributed by atoms with van der Waals surface area (Å²) in [6, 6.07) is 7.31. The monoisotopic (exact) mass is 1050 g/mol. The van der Waals surface area contributed by atoms with E-state index in [0.29, 0.717) is 6.40 Å². The number of ether oxygens (including phenoxy) is 4. The fourth-order valence-corrected chi connectivity index (χ4v) is 4.22. The molecule has 1 unspecified atom stereocenters. The number of nitrogen functional groups attached to an aromatic ring is 1. The molecule has 29 heteroatoms. The van der Waals surface area contributed by atoms with Gasteiger partial charge in [0, 0.05) is 29.9 Å². The zero-order valence-corrected chi connectivity index (χ0v) is 35.6. The molecule has 1 amide bonds. The van der Waals surface area contributed by atoms with E-state index in [0.717, 1.165) is 6.07 Å². The number of nitrogens with zero attached hydrogens (tertiary/aromatic N) is 4. The van der Waals surface area contributed by atoms with E-state index in [4.69, 9.17) is 83.4 Å². The Balaban J connectivity index is -0.000000178. The van der Waals surface area contributed by atoms with E-state index >= 15 is 0 Å². The summed E-state index contributed by atoms with van der Waals surface area (Å²) in [5.74, 6) is -2.45. The van der Waals surface area contributed by atoms with E-state index in [1.165, 1.54) is 30.3 Å². The van der Waals surface area contributed by atoms with E-state index in [9.17, 15) is 45.1 Å². The second kappa shape index (κ2) is 34.4. The molecule has 374 valence electrons. The van der Waals surface area contributed by atoms with Crippen molar-refractivity contribution >= 4 is 88.1 Å². The second-order valence-electron chi connectivity index (χ2n) is 11.7. The fourth-order valence-electron chi connectivity index (χ4n) is 3.12. The van der Waals surface area contributed by atoms with Gasteiger partial charge in [0.15, 0.2) is 19.6 Å². The molecule has 3 rings (SSSR count). The second-order valence-corrected chi connectivity index (χ2v) is 13.7. The molecule has 0 saturated heterocycles. The Kier molecular flexibility index (Phi) is 38.0. The van der Waals surface area contributed by atoms with E-state index < -0.39 is 61.4 Å². The minimum absolute atomic E-state index is 0. The summed E-state index contributed by atoms with van der Waals surface area (Å²) in [7, 11) is 0. The number of alkyl halides is 8. The number of pyridine rings is 3. The number of aliphatic imine (C=N–C) groups is 1. The summed E-state index contributed by atoms with van der Waals surface area (Å²) in [6.45, 7) is 4.92. The maximum absolute atomic E-state index is 11.8. The third-order valence-electron chi connectivity index (χ3n) is 5.17. The number of hydrogen-bond donors (Lipinski definition) is 4. The van der Waals surface area contributed by atoms with Gasteiger partial charge >= 0.3 is 30.4 Å². The lowest BCUT2D eigenvalue weighted by atomic mass is 10.2. The number of carbonyl (C=O) groups excluding carboxylic acids is 1. The summed E-state index contributed by atoms with van der Waals surface area (Å²) < 4.78 is 100. The Labute approximate surface area is 393 Å². The maximum atomic E-state index is 11.8. The van der Waals surface area contributed by atoms with Crippen molar-refractivity contribution in [3.63, 3.8) is 0 Å². The number of alkyl carbamates (subject to hydrolysis) is 1. The Morgan fingerprint density at radius 2 is 1.22 bits per heavy atom. The van der Waals surface area contributed by atoms with Crippen LogP contribution in [0.2, 0.25) is 20.6 Å². The van der Waals surface area contributed by atoms with E-state index in [1.54, 1.807) is 20.8 Å². The molecule has 0 aliphatic rings. The zero-order chi connectivity index (χ0) is 46.4. The van der Waals surface area contributed by atoms with Crippen molar-refractivity contribution in [2.24, 2.45) is 4.99 Å². The standard InChI is InChI=1S/C12H18ClF3N2O3.C8H7ClFNO3.C7H6ClF3N2O.C6H3Cl2NO2.3CH4.2FH/c1-8(18-10(19)21-11(2,3)4)5-9(13)17-7-20-6-12(14,15)16;9-6-3-5(8(12)13)4-7(11-6)14-2-1-10;8-5-1-4(12)2-6(13-5)14-3-7(9,10)11;7-4-1-3(6(10)11)2-5(8)9-4;;;;;/h7,9H,1,5-6H2,2-4H3,(H,18,19);3-4H,1-2H2,(H,12,13);1-2H,3H2,(H2,12,13);1-2H,(H,10,11);3*1H4;2*1H. The number of carboxylic acid groups (broad SMARTS) is 2. The van der Waals surface area contributed by atoms with Gasteiger partial charge in [0.05, 0.1) is 11.1 Å². The average molecular weight is 1060 g/mol. The lowest BCUT2D eigenvalue weighted by Crippen LogP contribution is -2.32. The Morgan fingerprint density at radius 1 is 0.785 bits per heavy atom. The number of carbonyl (C=O) groups is 3. The van der Waals surface area contributed by atoms with Crippen LogP contribution in [0.4, 0.5) is 50.6 Å². The number of anilines is 1. The van der Waals surface area contributed by atoms with Crippen LogP contribution in [0.3, 0.4) is 0 Å². The van der Waals surface area contributed by atoms with Crippen LogP contribution in [0.5, 0.6) is 11.8 Å². The fraction of sp³-hybridized carbons (Fsp3) is 0.417. The molecule has 0 radical (unpaired) electrons. The normalized spacial score (nSPS) is 10.7. The third-order valence-corrected chi connectivity index (χ3v) is 6.21. The lowest BCUT2D eigenvalue weighted by molar-refractivity contribution is -0.155. The first-order chi connectivity index (χ1) is 27.5. The van der Waals surface area contributed by atoms with Gasteiger partial charge in [-0.15, -0.1) is 0 Å². The molecular formula is C36H48Cl5F9N6O9. The van der Waals surface area contributed by atoms with Crippen molar-refractivity contribution in [2.75, 3.05) is 32.2 Å². The highest BCUT2D eigenvalue weighted by atomic mass is 35.5. The number of rotatable bonds is 13. The van der Waals surface area contributed by atoms with Crippen molar-refractivity contribution in [1.29, 1.82) is 0 Å². The van der Waals surface area contributed by atoms with Crippen molar-refractivity contribution in [1.82, 2.24) is 20.3 Å². The molecule has 0 fully saturated rings.